The fourth-order valence-corrected chi connectivity index (χ4v) is 5.25. The predicted octanol–water partition coefficient (Wildman–Crippen LogP) is 1.27. The Kier molecular flexibility index (Phi) is 5.36. The number of Topliss-reactive ketones (excluding diaryl/α,β-unsaturated/α-hetero) is 1. The third-order valence-electron chi connectivity index (χ3n) is 6.45. The number of rotatable bonds is 5. The fourth-order valence-electron chi connectivity index (χ4n) is 4.66. The van der Waals surface area contributed by atoms with Crippen LogP contribution in [0.15, 0.2) is 24.8 Å². The summed E-state index contributed by atoms with van der Waals surface area (Å²) in [5.74, 6) is -0.120. The van der Waals surface area contributed by atoms with E-state index >= 15 is 0 Å². The summed E-state index contributed by atoms with van der Waals surface area (Å²) in [6.07, 6.45) is 7.66. The lowest BCUT2D eigenvalue weighted by molar-refractivity contribution is -0.126. The summed E-state index contributed by atoms with van der Waals surface area (Å²) < 4.78 is 25.0. The second kappa shape index (κ2) is 8.69. The van der Waals surface area contributed by atoms with Crippen molar-refractivity contribution in [1.82, 2.24) is 38.6 Å². The standard InChI is InChI=1S/C21H21FN10O2S/c22-14-12-24-18(32-6-3-25-28-32)16-15(14)13(11-23-16)17(33)21(34)31-9-7-30(8-10-31)20-19(26-35-27-20)29-4-1-2-5-29/h3,6,11-12,23H,1-2,4-5,7-10H2. The number of ketones is 1. The van der Waals surface area contributed by atoms with Crippen LogP contribution in [-0.2, 0) is 4.79 Å². The maximum Gasteiger partial charge on any atom is 0.295 e. The lowest BCUT2D eigenvalue weighted by Crippen LogP contribution is -2.51. The normalized spacial score (nSPS) is 16.4. The number of H-pyrrole nitrogens is 1. The van der Waals surface area contributed by atoms with Gasteiger partial charge in [-0.25, -0.2) is 14.1 Å². The van der Waals surface area contributed by atoms with Crippen molar-refractivity contribution in [3.63, 3.8) is 0 Å². The molecule has 35 heavy (non-hydrogen) atoms. The molecule has 0 bridgehead atoms. The summed E-state index contributed by atoms with van der Waals surface area (Å²) in [5, 5.41) is 7.61. The number of pyridine rings is 1. The molecule has 0 aliphatic carbocycles. The van der Waals surface area contributed by atoms with Crippen LogP contribution in [0, 0.1) is 5.82 Å². The van der Waals surface area contributed by atoms with Crippen LogP contribution in [0.25, 0.3) is 16.7 Å². The average molecular weight is 497 g/mol. The van der Waals surface area contributed by atoms with Gasteiger partial charge in [0.05, 0.1) is 46.8 Å². The zero-order valence-corrected chi connectivity index (χ0v) is 19.4. The molecular weight excluding hydrogens is 475 g/mol. The van der Waals surface area contributed by atoms with Gasteiger partial charge < -0.3 is 19.7 Å². The first kappa shape index (κ1) is 21.6. The molecule has 0 radical (unpaired) electrons. The maximum absolute atomic E-state index is 14.7. The molecule has 0 saturated carbocycles. The molecule has 2 aliphatic heterocycles. The van der Waals surface area contributed by atoms with Crippen LogP contribution >= 0.6 is 11.7 Å². The van der Waals surface area contributed by atoms with Gasteiger partial charge in [0.25, 0.3) is 11.7 Å². The van der Waals surface area contributed by atoms with E-state index in [1.54, 1.807) is 6.20 Å². The number of aromatic nitrogens is 7. The van der Waals surface area contributed by atoms with Gasteiger partial charge in [0.2, 0.25) is 0 Å². The molecule has 0 unspecified atom stereocenters. The number of aromatic amines is 1. The number of hydrogen-bond donors (Lipinski definition) is 1. The van der Waals surface area contributed by atoms with Crippen molar-refractivity contribution in [2.24, 2.45) is 0 Å². The van der Waals surface area contributed by atoms with Crippen LogP contribution < -0.4 is 9.80 Å². The number of carbonyl (C=O) groups excluding carboxylic acids is 2. The monoisotopic (exact) mass is 496 g/mol. The first-order chi connectivity index (χ1) is 17.1. The van der Waals surface area contributed by atoms with E-state index in [1.807, 2.05) is 0 Å². The zero-order chi connectivity index (χ0) is 23.9. The summed E-state index contributed by atoms with van der Waals surface area (Å²) in [4.78, 5) is 39.0. The number of carbonyl (C=O) groups is 2. The molecule has 2 fully saturated rings. The van der Waals surface area contributed by atoms with Crippen LogP contribution in [0.4, 0.5) is 16.0 Å². The van der Waals surface area contributed by atoms with Gasteiger partial charge in [-0.1, -0.05) is 5.21 Å². The van der Waals surface area contributed by atoms with E-state index in [-0.39, 0.29) is 22.3 Å². The van der Waals surface area contributed by atoms with Crippen molar-refractivity contribution in [3.05, 3.63) is 36.2 Å². The Bertz CT molecular complexity index is 1390. The second-order valence-corrected chi connectivity index (χ2v) is 8.97. The average Bonchev–Trinajstić information content (AvgIpc) is 3.70. The van der Waals surface area contributed by atoms with E-state index in [0.29, 0.717) is 26.2 Å². The van der Waals surface area contributed by atoms with E-state index < -0.39 is 17.5 Å². The van der Waals surface area contributed by atoms with Crippen molar-refractivity contribution >= 4 is 46.0 Å². The van der Waals surface area contributed by atoms with Crippen LogP contribution in [0.1, 0.15) is 23.2 Å². The number of hydrogen-bond acceptors (Lipinski definition) is 10. The molecule has 0 spiro atoms. The molecule has 6 heterocycles. The van der Waals surface area contributed by atoms with E-state index in [2.05, 4.69) is 38.8 Å². The van der Waals surface area contributed by atoms with Crippen molar-refractivity contribution < 1.29 is 14.0 Å². The van der Waals surface area contributed by atoms with Gasteiger partial charge >= 0.3 is 0 Å². The van der Waals surface area contributed by atoms with Gasteiger partial charge in [0.1, 0.15) is 0 Å². The minimum atomic E-state index is -0.771. The highest BCUT2D eigenvalue weighted by Gasteiger charge is 2.32. The van der Waals surface area contributed by atoms with Gasteiger partial charge in [-0.05, 0) is 12.8 Å². The van der Waals surface area contributed by atoms with E-state index in [0.717, 1.165) is 43.8 Å². The Labute approximate surface area is 202 Å². The number of halogens is 1. The van der Waals surface area contributed by atoms with Crippen LogP contribution in [0.3, 0.4) is 0 Å². The Morgan fingerprint density at radius 3 is 2.37 bits per heavy atom. The summed E-state index contributed by atoms with van der Waals surface area (Å²) >= 11 is 1.19. The highest BCUT2D eigenvalue weighted by Crippen LogP contribution is 2.31. The Balaban J connectivity index is 1.19. The number of amides is 1. The predicted molar refractivity (Wildman–Crippen MR) is 125 cm³/mol. The lowest BCUT2D eigenvalue weighted by Gasteiger charge is -2.35. The quantitative estimate of drug-likeness (QED) is 0.321. The molecule has 12 nitrogen and oxygen atoms in total. The molecule has 14 heteroatoms. The van der Waals surface area contributed by atoms with E-state index in [9.17, 15) is 14.0 Å². The smallest absolute Gasteiger partial charge is 0.295 e. The lowest BCUT2D eigenvalue weighted by atomic mass is 10.1. The zero-order valence-electron chi connectivity index (χ0n) is 18.6. The molecular formula is C21H21FN10O2S. The summed E-state index contributed by atoms with van der Waals surface area (Å²) in [5.41, 5.74) is 0.232. The van der Waals surface area contributed by atoms with E-state index in [4.69, 9.17) is 0 Å². The molecule has 2 saturated heterocycles. The van der Waals surface area contributed by atoms with Crippen LogP contribution in [0.2, 0.25) is 0 Å². The third kappa shape index (κ3) is 3.69. The number of nitrogens with zero attached hydrogens (tertiary/aromatic N) is 9. The Morgan fingerprint density at radius 1 is 0.971 bits per heavy atom. The Hall–Kier alpha value is -3.94. The Morgan fingerprint density at radius 2 is 1.69 bits per heavy atom. The number of fused-ring (bicyclic) bond motifs is 1. The van der Waals surface area contributed by atoms with Gasteiger partial charge in [0.15, 0.2) is 23.3 Å². The van der Waals surface area contributed by atoms with Gasteiger partial charge in [-0.15, -0.1) is 5.10 Å². The molecule has 2 aliphatic rings. The van der Waals surface area contributed by atoms with Gasteiger partial charge in [-0.3, -0.25) is 9.59 Å². The number of piperazine rings is 1. The molecule has 1 N–H and O–H groups in total. The largest absolute Gasteiger partial charge is 0.357 e. The minimum absolute atomic E-state index is 0.00582. The van der Waals surface area contributed by atoms with Gasteiger partial charge in [-0.2, -0.15) is 8.75 Å². The van der Waals surface area contributed by atoms with Crippen molar-refractivity contribution in [2.75, 3.05) is 49.1 Å². The molecule has 4 aromatic rings. The molecule has 6 rings (SSSR count). The van der Waals surface area contributed by atoms with E-state index in [1.165, 1.54) is 33.7 Å². The van der Waals surface area contributed by atoms with Crippen molar-refractivity contribution in [2.45, 2.75) is 12.8 Å². The molecule has 0 aromatic carbocycles. The number of anilines is 2. The summed E-state index contributed by atoms with van der Waals surface area (Å²) in [7, 11) is 0. The van der Waals surface area contributed by atoms with Gasteiger partial charge in [0, 0.05) is 45.5 Å². The van der Waals surface area contributed by atoms with Crippen molar-refractivity contribution in [3.8, 4) is 5.82 Å². The molecule has 180 valence electrons. The second-order valence-electron chi connectivity index (χ2n) is 8.44. The number of nitrogens with one attached hydrogen (secondary N) is 1. The topological polar surface area (TPSA) is 129 Å². The first-order valence-corrected chi connectivity index (χ1v) is 12.0. The SMILES string of the molecule is O=C(C(=O)N1CCN(c2nsnc2N2CCCC2)CC1)c1c[nH]c2c(-n3ccnn3)ncc(F)c12. The summed E-state index contributed by atoms with van der Waals surface area (Å²) in [6, 6.07) is 0. The van der Waals surface area contributed by atoms with Crippen LogP contribution in [-0.4, -0.2) is 89.6 Å². The highest BCUT2D eigenvalue weighted by molar-refractivity contribution is 6.99. The maximum atomic E-state index is 14.7. The molecule has 1 amide bonds. The minimum Gasteiger partial charge on any atom is -0.357 e. The van der Waals surface area contributed by atoms with Crippen molar-refractivity contribution in [1.29, 1.82) is 0 Å². The van der Waals surface area contributed by atoms with Crippen LogP contribution in [0.5, 0.6) is 0 Å². The molecule has 4 aromatic heterocycles. The first-order valence-electron chi connectivity index (χ1n) is 11.3. The summed E-state index contributed by atoms with van der Waals surface area (Å²) in [6.45, 7) is 3.74. The highest BCUT2D eigenvalue weighted by atomic mass is 32.1. The molecule has 0 atom stereocenters. The fraction of sp³-hybridized carbons (Fsp3) is 0.381. The third-order valence-corrected chi connectivity index (χ3v) is 6.96.